The number of nitrogens with zero attached hydrogens (tertiary/aromatic N) is 1. The molecule has 2 fully saturated rings. The fourth-order valence-corrected chi connectivity index (χ4v) is 5.48. The largest absolute Gasteiger partial charge is 0.490 e. The number of carbonyl (C=O) groups is 2. The Morgan fingerprint density at radius 1 is 1.32 bits per heavy atom. The summed E-state index contributed by atoms with van der Waals surface area (Å²) < 4.78 is 10.1. The molecule has 0 aliphatic carbocycles. The zero-order valence-corrected chi connectivity index (χ0v) is 16.7. The highest BCUT2D eigenvalue weighted by molar-refractivity contribution is 6.07. The Morgan fingerprint density at radius 2 is 2.11 bits per heavy atom. The maximum absolute atomic E-state index is 13.1. The molecule has 6 nitrogen and oxygen atoms in total. The highest BCUT2D eigenvalue weighted by atomic mass is 16.6. The first-order chi connectivity index (χ1) is 13.5. The highest BCUT2D eigenvalue weighted by Gasteiger charge is 2.59. The topological polar surface area (TPSA) is 67.9 Å². The minimum Gasteiger partial charge on any atom is -0.490 e. The molecule has 1 N–H and O–H groups in total. The van der Waals surface area contributed by atoms with Crippen LogP contribution in [-0.4, -0.2) is 50.1 Å². The lowest BCUT2D eigenvalue weighted by Crippen LogP contribution is -2.53. The van der Waals surface area contributed by atoms with Gasteiger partial charge in [0.05, 0.1) is 19.6 Å². The number of piperidine rings is 1. The van der Waals surface area contributed by atoms with E-state index < -0.39 is 11.4 Å². The van der Waals surface area contributed by atoms with E-state index in [4.69, 9.17) is 9.47 Å². The number of methoxy groups -OCH3 is 2. The van der Waals surface area contributed by atoms with Gasteiger partial charge in [-0.2, -0.15) is 0 Å². The quantitative estimate of drug-likeness (QED) is 0.491. The molecule has 3 aliphatic rings. The molecule has 0 radical (unpaired) electrons. The molecule has 1 aromatic carbocycles. The van der Waals surface area contributed by atoms with Gasteiger partial charge < -0.3 is 14.8 Å². The van der Waals surface area contributed by atoms with E-state index in [1.165, 1.54) is 14.2 Å². The second-order valence-electron chi connectivity index (χ2n) is 8.03. The SMILES string of the molecule is CC[C@@H]1CN2CC[C@@]3(C(=O)Nc4ccccc43)[C@@H]2C[C@@H]1C=C(OC)C(=O)OC. The smallest absolute Gasteiger partial charge is 0.372 e. The van der Waals surface area contributed by atoms with Crippen molar-refractivity contribution in [2.24, 2.45) is 11.8 Å². The summed E-state index contributed by atoms with van der Waals surface area (Å²) in [5.74, 6) is 0.489. The molecule has 3 aliphatic heterocycles. The van der Waals surface area contributed by atoms with E-state index in [9.17, 15) is 9.59 Å². The molecule has 0 bridgehead atoms. The van der Waals surface area contributed by atoms with Gasteiger partial charge in [0, 0.05) is 18.3 Å². The molecule has 150 valence electrons. The number of hydrogen-bond donors (Lipinski definition) is 1. The van der Waals surface area contributed by atoms with E-state index in [0.29, 0.717) is 5.92 Å². The van der Waals surface area contributed by atoms with Gasteiger partial charge in [-0.05, 0) is 48.9 Å². The fraction of sp³-hybridized carbons (Fsp3) is 0.545. The van der Waals surface area contributed by atoms with Crippen molar-refractivity contribution in [1.82, 2.24) is 4.90 Å². The Bertz CT molecular complexity index is 821. The molecular formula is C22H28N2O4. The third kappa shape index (κ3) is 2.73. The summed E-state index contributed by atoms with van der Waals surface area (Å²) in [5, 5.41) is 3.10. The number of amides is 1. The lowest BCUT2D eigenvalue weighted by molar-refractivity contribution is -0.139. The summed E-state index contributed by atoms with van der Waals surface area (Å²) in [6.45, 7) is 4.03. The van der Waals surface area contributed by atoms with E-state index in [0.717, 1.165) is 43.6 Å². The number of rotatable bonds is 4. The van der Waals surface area contributed by atoms with Crippen molar-refractivity contribution < 1.29 is 19.1 Å². The first-order valence-corrected chi connectivity index (χ1v) is 10.0. The van der Waals surface area contributed by atoms with Crippen molar-refractivity contribution >= 4 is 17.6 Å². The number of para-hydroxylation sites is 1. The van der Waals surface area contributed by atoms with Gasteiger partial charge in [0.25, 0.3) is 0 Å². The zero-order chi connectivity index (χ0) is 19.9. The monoisotopic (exact) mass is 384 g/mol. The minimum atomic E-state index is -0.500. The van der Waals surface area contributed by atoms with Crippen LogP contribution in [-0.2, 0) is 24.5 Å². The van der Waals surface area contributed by atoms with Crippen LogP contribution in [0.5, 0.6) is 0 Å². The zero-order valence-electron chi connectivity index (χ0n) is 16.7. The Balaban J connectivity index is 1.70. The van der Waals surface area contributed by atoms with Gasteiger partial charge in [-0.15, -0.1) is 0 Å². The molecule has 3 heterocycles. The Morgan fingerprint density at radius 3 is 2.82 bits per heavy atom. The molecule has 1 amide bonds. The molecule has 0 aromatic heterocycles. The number of nitrogens with one attached hydrogen (secondary N) is 1. The summed E-state index contributed by atoms with van der Waals surface area (Å²) >= 11 is 0. The van der Waals surface area contributed by atoms with E-state index in [1.54, 1.807) is 0 Å². The first-order valence-electron chi connectivity index (χ1n) is 10.0. The van der Waals surface area contributed by atoms with Crippen LogP contribution >= 0.6 is 0 Å². The second-order valence-corrected chi connectivity index (χ2v) is 8.03. The van der Waals surface area contributed by atoms with Gasteiger partial charge in [0.15, 0.2) is 0 Å². The average Bonchev–Trinajstić information content (AvgIpc) is 3.23. The predicted molar refractivity (Wildman–Crippen MR) is 106 cm³/mol. The number of fused-ring (bicyclic) bond motifs is 4. The van der Waals surface area contributed by atoms with Crippen LogP contribution in [0.3, 0.4) is 0 Å². The van der Waals surface area contributed by atoms with Gasteiger partial charge in [0.2, 0.25) is 11.7 Å². The third-order valence-electron chi connectivity index (χ3n) is 6.93. The summed E-state index contributed by atoms with van der Waals surface area (Å²) in [5.41, 5.74) is 1.55. The van der Waals surface area contributed by atoms with Crippen molar-refractivity contribution in [2.45, 2.75) is 37.6 Å². The van der Waals surface area contributed by atoms with Gasteiger partial charge in [-0.1, -0.05) is 31.5 Å². The summed E-state index contributed by atoms with van der Waals surface area (Å²) in [7, 11) is 2.86. The maximum atomic E-state index is 13.1. The van der Waals surface area contributed by atoms with Crippen LogP contribution in [0.1, 0.15) is 31.7 Å². The van der Waals surface area contributed by atoms with E-state index >= 15 is 0 Å². The lowest BCUT2D eigenvalue weighted by Gasteiger charge is -2.44. The number of esters is 1. The molecule has 2 saturated heterocycles. The lowest BCUT2D eigenvalue weighted by atomic mass is 9.69. The summed E-state index contributed by atoms with van der Waals surface area (Å²) in [6.07, 6.45) is 4.59. The molecular weight excluding hydrogens is 356 g/mol. The normalized spacial score (nSPS) is 32.0. The van der Waals surface area contributed by atoms with Gasteiger partial charge >= 0.3 is 5.97 Å². The molecule has 4 atom stereocenters. The number of ether oxygens (including phenoxy) is 2. The molecule has 0 unspecified atom stereocenters. The van der Waals surface area contributed by atoms with Gasteiger partial charge in [-0.3, -0.25) is 9.69 Å². The van der Waals surface area contributed by atoms with Gasteiger partial charge in [0.1, 0.15) is 0 Å². The molecule has 6 heteroatoms. The third-order valence-corrected chi connectivity index (χ3v) is 6.93. The fourth-order valence-electron chi connectivity index (χ4n) is 5.48. The molecule has 4 rings (SSSR count). The van der Waals surface area contributed by atoms with Crippen molar-refractivity contribution in [3.05, 3.63) is 41.7 Å². The molecule has 1 aromatic rings. The summed E-state index contributed by atoms with van der Waals surface area (Å²) in [6, 6.07) is 8.17. The Labute approximate surface area is 165 Å². The van der Waals surface area contributed by atoms with Crippen LogP contribution < -0.4 is 5.32 Å². The molecule has 0 saturated carbocycles. The maximum Gasteiger partial charge on any atom is 0.372 e. The number of carbonyl (C=O) groups excluding carboxylic acids is 2. The van der Waals surface area contributed by atoms with E-state index in [2.05, 4.69) is 23.2 Å². The Kier molecular flexibility index (Phi) is 4.91. The predicted octanol–water partition coefficient (Wildman–Crippen LogP) is 2.70. The van der Waals surface area contributed by atoms with Crippen molar-refractivity contribution in [1.29, 1.82) is 0 Å². The first kappa shape index (κ1) is 19.0. The summed E-state index contributed by atoms with van der Waals surface area (Å²) in [4.78, 5) is 27.6. The highest BCUT2D eigenvalue weighted by Crippen LogP contribution is 2.52. The molecule has 28 heavy (non-hydrogen) atoms. The second kappa shape index (κ2) is 7.24. The number of anilines is 1. The number of benzene rings is 1. The van der Waals surface area contributed by atoms with Crippen LogP contribution in [0.25, 0.3) is 0 Å². The van der Waals surface area contributed by atoms with Crippen molar-refractivity contribution in [2.75, 3.05) is 32.6 Å². The number of hydrogen-bond acceptors (Lipinski definition) is 5. The standard InChI is InChI=1S/C22H28N2O4/c1-4-14-13-24-10-9-22(16-7-5-6-8-17(16)23-21(22)26)19(24)12-15(14)11-18(27-2)20(25)28-3/h5-8,11,14-15,19H,4,9-10,12-13H2,1-3H3,(H,23,26)/t14-,15+,19+,22+/m1/s1. The number of allylic oxidation sites excluding steroid dienone is 1. The van der Waals surface area contributed by atoms with E-state index in [1.807, 2.05) is 24.3 Å². The molecule has 1 spiro atoms. The van der Waals surface area contributed by atoms with Crippen LogP contribution in [0.4, 0.5) is 5.69 Å². The van der Waals surface area contributed by atoms with E-state index in [-0.39, 0.29) is 23.6 Å². The Hall–Kier alpha value is -2.34. The van der Waals surface area contributed by atoms with Crippen LogP contribution in [0.15, 0.2) is 36.1 Å². The van der Waals surface area contributed by atoms with Crippen molar-refractivity contribution in [3.63, 3.8) is 0 Å². The van der Waals surface area contributed by atoms with Crippen LogP contribution in [0, 0.1) is 11.8 Å². The van der Waals surface area contributed by atoms with Crippen LogP contribution in [0.2, 0.25) is 0 Å². The minimum absolute atomic E-state index is 0.110. The van der Waals surface area contributed by atoms with Crippen molar-refractivity contribution in [3.8, 4) is 0 Å². The average molecular weight is 384 g/mol. The van der Waals surface area contributed by atoms with Gasteiger partial charge in [-0.25, -0.2) is 4.79 Å².